The van der Waals surface area contributed by atoms with Crippen LogP contribution in [0.1, 0.15) is 39.2 Å². The molecule has 0 radical (unpaired) electrons. The summed E-state index contributed by atoms with van der Waals surface area (Å²) in [5.41, 5.74) is 0.834. The van der Waals surface area contributed by atoms with Crippen molar-refractivity contribution in [2.45, 2.75) is 51.8 Å². The molecule has 1 aromatic carbocycles. The summed E-state index contributed by atoms with van der Waals surface area (Å²) in [4.78, 5) is 14.0. The smallest absolute Gasteiger partial charge is 0.410 e. The fourth-order valence-electron chi connectivity index (χ4n) is 2.59. The molecule has 2 rings (SSSR count). The highest BCUT2D eigenvalue weighted by Gasteiger charge is 2.31. The normalized spacial score (nSPS) is 18.8. The molecule has 1 heterocycles. The SMILES string of the molecule is CC(C)(C)OC(=O)N1CCC[C@H]1CNCc1ccccc1. The fraction of sp³-hybridized carbons (Fsp3) is 0.588. The molecule has 1 aliphatic rings. The maximum absolute atomic E-state index is 12.2. The van der Waals surface area contributed by atoms with Gasteiger partial charge in [-0.1, -0.05) is 30.3 Å². The van der Waals surface area contributed by atoms with Crippen LogP contribution < -0.4 is 5.32 Å². The van der Waals surface area contributed by atoms with Crippen molar-refractivity contribution in [1.82, 2.24) is 10.2 Å². The van der Waals surface area contributed by atoms with Crippen molar-refractivity contribution in [3.05, 3.63) is 35.9 Å². The second kappa shape index (κ2) is 6.94. The maximum atomic E-state index is 12.2. The van der Waals surface area contributed by atoms with Gasteiger partial charge in [0, 0.05) is 25.7 Å². The molecule has 0 spiro atoms. The number of amides is 1. The van der Waals surface area contributed by atoms with E-state index in [1.165, 1.54) is 5.56 Å². The molecule has 0 saturated carbocycles. The lowest BCUT2D eigenvalue weighted by molar-refractivity contribution is 0.0226. The summed E-state index contributed by atoms with van der Waals surface area (Å²) in [5, 5.41) is 3.44. The lowest BCUT2D eigenvalue weighted by Crippen LogP contribution is -2.44. The molecular weight excluding hydrogens is 264 g/mol. The van der Waals surface area contributed by atoms with E-state index in [9.17, 15) is 4.79 Å². The average Bonchev–Trinajstić information content (AvgIpc) is 2.86. The van der Waals surface area contributed by atoms with Gasteiger partial charge < -0.3 is 15.0 Å². The molecule has 0 bridgehead atoms. The van der Waals surface area contributed by atoms with E-state index >= 15 is 0 Å². The van der Waals surface area contributed by atoms with E-state index in [4.69, 9.17) is 4.74 Å². The van der Waals surface area contributed by atoms with Crippen LogP contribution in [-0.4, -0.2) is 35.7 Å². The molecule has 1 aromatic rings. The monoisotopic (exact) mass is 290 g/mol. The van der Waals surface area contributed by atoms with Crippen LogP contribution in [0.4, 0.5) is 4.79 Å². The van der Waals surface area contributed by atoms with Gasteiger partial charge in [-0.05, 0) is 39.2 Å². The standard InChI is InChI=1S/C17H26N2O2/c1-17(2,3)21-16(20)19-11-7-10-15(19)13-18-12-14-8-5-4-6-9-14/h4-6,8-9,15,18H,7,10-13H2,1-3H3/t15-/m0/s1. The van der Waals surface area contributed by atoms with Crippen molar-refractivity contribution < 1.29 is 9.53 Å². The third-order valence-electron chi connectivity index (χ3n) is 3.56. The Bertz CT molecular complexity index is 454. The number of nitrogens with zero attached hydrogens (tertiary/aromatic N) is 1. The Morgan fingerprint density at radius 3 is 2.71 bits per heavy atom. The summed E-state index contributed by atoms with van der Waals surface area (Å²) in [6.45, 7) is 8.16. The van der Waals surface area contributed by atoms with Crippen molar-refractivity contribution in [2.75, 3.05) is 13.1 Å². The molecule has 1 N–H and O–H groups in total. The fourth-order valence-corrected chi connectivity index (χ4v) is 2.59. The Balaban J connectivity index is 1.80. The van der Waals surface area contributed by atoms with Crippen LogP contribution in [0.15, 0.2) is 30.3 Å². The molecule has 0 aromatic heterocycles. The van der Waals surface area contributed by atoms with E-state index in [2.05, 4.69) is 17.4 Å². The number of ether oxygens (including phenoxy) is 1. The minimum atomic E-state index is -0.429. The van der Waals surface area contributed by atoms with E-state index in [1.54, 1.807) is 0 Å². The van der Waals surface area contributed by atoms with Gasteiger partial charge in [0.25, 0.3) is 0 Å². The molecule has 4 nitrogen and oxygen atoms in total. The van der Waals surface area contributed by atoms with Gasteiger partial charge in [0.15, 0.2) is 0 Å². The Labute approximate surface area is 127 Å². The van der Waals surface area contributed by atoms with Crippen LogP contribution in [0.2, 0.25) is 0 Å². The van der Waals surface area contributed by atoms with E-state index < -0.39 is 5.60 Å². The quantitative estimate of drug-likeness (QED) is 0.926. The molecule has 4 heteroatoms. The summed E-state index contributed by atoms with van der Waals surface area (Å²) in [6.07, 6.45) is 1.91. The second-order valence-corrected chi connectivity index (χ2v) is 6.59. The van der Waals surface area contributed by atoms with Crippen LogP contribution in [-0.2, 0) is 11.3 Å². The molecular formula is C17H26N2O2. The van der Waals surface area contributed by atoms with Gasteiger partial charge in [0.1, 0.15) is 5.60 Å². The topological polar surface area (TPSA) is 41.6 Å². The van der Waals surface area contributed by atoms with E-state index in [1.807, 2.05) is 43.9 Å². The van der Waals surface area contributed by atoms with Gasteiger partial charge in [-0.2, -0.15) is 0 Å². The highest BCUT2D eigenvalue weighted by atomic mass is 16.6. The molecule has 1 aliphatic heterocycles. The molecule has 1 atom stereocenters. The molecule has 116 valence electrons. The van der Waals surface area contributed by atoms with Crippen molar-refractivity contribution in [3.8, 4) is 0 Å². The molecule has 21 heavy (non-hydrogen) atoms. The van der Waals surface area contributed by atoms with Crippen molar-refractivity contribution >= 4 is 6.09 Å². The zero-order valence-corrected chi connectivity index (χ0v) is 13.3. The third-order valence-corrected chi connectivity index (χ3v) is 3.56. The van der Waals surface area contributed by atoms with Crippen LogP contribution >= 0.6 is 0 Å². The highest BCUT2D eigenvalue weighted by Crippen LogP contribution is 2.20. The molecule has 0 unspecified atom stereocenters. The zero-order valence-electron chi connectivity index (χ0n) is 13.3. The minimum Gasteiger partial charge on any atom is -0.444 e. The Morgan fingerprint density at radius 2 is 2.05 bits per heavy atom. The largest absolute Gasteiger partial charge is 0.444 e. The Hall–Kier alpha value is -1.55. The number of benzene rings is 1. The summed E-state index contributed by atoms with van der Waals surface area (Å²) in [6, 6.07) is 10.5. The second-order valence-electron chi connectivity index (χ2n) is 6.59. The van der Waals surface area contributed by atoms with Gasteiger partial charge in [-0.25, -0.2) is 4.79 Å². The van der Waals surface area contributed by atoms with Crippen LogP contribution in [0.25, 0.3) is 0 Å². The van der Waals surface area contributed by atoms with Crippen LogP contribution in [0, 0.1) is 0 Å². The predicted molar refractivity (Wildman–Crippen MR) is 84.1 cm³/mol. The summed E-state index contributed by atoms with van der Waals surface area (Å²) in [5.74, 6) is 0. The van der Waals surface area contributed by atoms with E-state index in [-0.39, 0.29) is 12.1 Å². The van der Waals surface area contributed by atoms with Gasteiger partial charge in [0.2, 0.25) is 0 Å². The first-order valence-electron chi connectivity index (χ1n) is 7.70. The van der Waals surface area contributed by atoms with E-state index in [0.717, 1.165) is 32.5 Å². The summed E-state index contributed by atoms with van der Waals surface area (Å²) >= 11 is 0. The molecule has 1 amide bonds. The van der Waals surface area contributed by atoms with Gasteiger partial charge >= 0.3 is 6.09 Å². The molecule has 1 saturated heterocycles. The summed E-state index contributed by atoms with van der Waals surface area (Å²) < 4.78 is 5.48. The van der Waals surface area contributed by atoms with Crippen molar-refractivity contribution in [3.63, 3.8) is 0 Å². The number of nitrogens with one attached hydrogen (secondary N) is 1. The Morgan fingerprint density at radius 1 is 1.33 bits per heavy atom. The highest BCUT2D eigenvalue weighted by molar-refractivity contribution is 5.69. The van der Waals surface area contributed by atoms with Crippen molar-refractivity contribution in [2.24, 2.45) is 0 Å². The first-order valence-corrected chi connectivity index (χ1v) is 7.70. The lowest BCUT2D eigenvalue weighted by atomic mass is 10.2. The molecule has 0 aliphatic carbocycles. The third kappa shape index (κ3) is 5.05. The maximum Gasteiger partial charge on any atom is 0.410 e. The van der Waals surface area contributed by atoms with Gasteiger partial charge in [-0.3, -0.25) is 0 Å². The number of hydrogen-bond acceptors (Lipinski definition) is 3. The van der Waals surface area contributed by atoms with Gasteiger partial charge in [-0.15, -0.1) is 0 Å². The first-order chi connectivity index (χ1) is 9.96. The predicted octanol–water partition coefficient (Wildman–Crippen LogP) is 3.18. The number of likely N-dealkylation sites (tertiary alicyclic amines) is 1. The van der Waals surface area contributed by atoms with Crippen LogP contribution in [0.5, 0.6) is 0 Å². The number of carbonyl (C=O) groups is 1. The van der Waals surface area contributed by atoms with Gasteiger partial charge in [0.05, 0.1) is 0 Å². The minimum absolute atomic E-state index is 0.188. The number of hydrogen-bond donors (Lipinski definition) is 1. The zero-order chi connectivity index (χ0) is 15.3. The van der Waals surface area contributed by atoms with Crippen LogP contribution in [0.3, 0.4) is 0 Å². The average molecular weight is 290 g/mol. The first kappa shape index (κ1) is 15.8. The number of rotatable bonds is 4. The Kier molecular flexibility index (Phi) is 5.23. The lowest BCUT2D eigenvalue weighted by Gasteiger charge is -2.28. The van der Waals surface area contributed by atoms with Crippen molar-refractivity contribution in [1.29, 1.82) is 0 Å². The van der Waals surface area contributed by atoms with E-state index in [0.29, 0.717) is 0 Å². The summed E-state index contributed by atoms with van der Waals surface area (Å²) in [7, 11) is 0. The number of carbonyl (C=O) groups excluding carboxylic acids is 1. The molecule has 1 fully saturated rings.